The van der Waals surface area contributed by atoms with Gasteiger partial charge in [-0.1, -0.05) is 18.2 Å². The van der Waals surface area contributed by atoms with Crippen LogP contribution in [0.15, 0.2) is 90.2 Å². The Balaban J connectivity index is 1.50. The van der Waals surface area contributed by atoms with Crippen LogP contribution in [0.1, 0.15) is 11.7 Å². The number of benzene rings is 3. The number of ether oxygens (including phenoxy) is 2. The summed E-state index contributed by atoms with van der Waals surface area (Å²) < 4.78 is 50.6. The van der Waals surface area contributed by atoms with Crippen molar-refractivity contribution in [1.29, 1.82) is 0 Å². The van der Waals surface area contributed by atoms with E-state index in [1.807, 2.05) is 41.4 Å². The van der Waals surface area contributed by atoms with Crippen LogP contribution in [-0.4, -0.2) is 46.2 Å². The molecular formula is C27H20F3N5O3. The molecule has 8 nitrogen and oxygen atoms in total. The van der Waals surface area contributed by atoms with Gasteiger partial charge in [-0.05, 0) is 60.7 Å². The first kappa shape index (κ1) is 23.6. The highest BCUT2D eigenvalue weighted by Gasteiger charge is 2.44. The molecule has 0 bridgehead atoms. The molecule has 0 amide bonds. The molecule has 1 unspecified atom stereocenters. The molecule has 0 N–H and O–H groups in total. The van der Waals surface area contributed by atoms with Gasteiger partial charge in [0.2, 0.25) is 5.84 Å². The molecule has 3 aromatic carbocycles. The molecule has 0 spiro atoms. The summed E-state index contributed by atoms with van der Waals surface area (Å²) in [5.41, 5.74) is 3.23. The molecule has 3 heterocycles. The van der Waals surface area contributed by atoms with Crippen molar-refractivity contribution in [1.82, 2.24) is 14.7 Å². The Hall–Kier alpha value is -4.80. The van der Waals surface area contributed by atoms with Gasteiger partial charge in [0.1, 0.15) is 18.2 Å². The minimum Gasteiger partial charge on any atom is -0.458 e. The summed E-state index contributed by atoms with van der Waals surface area (Å²) in [6, 6.07) is 21.4. The summed E-state index contributed by atoms with van der Waals surface area (Å²) >= 11 is 0. The Labute approximate surface area is 215 Å². The second-order valence-electron chi connectivity index (χ2n) is 8.56. The summed E-state index contributed by atoms with van der Waals surface area (Å²) in [6.07, 6.45) is 1.22. The fourth-order valence-corrected chi connectivity index (χ4v) is 4.55. The number of para-hydroxylation sites is 1. The van der Waals surface area contributed by atoms with Crippen LogP contribution < -0.4 is 9.75 Å². The van der Waals surface area contributed by atoms with E-state index < -0.39 is 24.6 Å². The van der Waals surface area contributed by atoms with E-state index in [0.717, 1.165) is 5.69 Å². The number of alkyl halides is 2. The standard InChI is InChI=1S/C27H20F3N5O3/c28-18-8-10-20(11-9-18)35-25(33-14-15-37-26(36)24(33)32-35)22-16-34(19-4-2-1-3-5-19)31-23(22)17-6-12-21(13-7-17)38-27(29)30/h1-13,16,25,27H,14-15H2. The maximum absolute atomic E-state index is 13.7. The van der Waals surface area contributed by atoms with E-state index in [-0.39, 0.29) is 18.2 Å². The number of fused-ring (bicyclic) bond motifs is 1. The lowest BCUT2D eigenvalue weighted by molar-refractivity contribution is -0.139. The SMILES string of the molecule is O=C1OCCN2C1=NN(c1ccc(F)cc1)C2c1cn(-c2ccccc2)nc1-c1ccc(OC(F)F)cc1. The van der Waals surface area contributed by atoms with Crippen LogP contribution in [0, 0.1) is 5.82 Å². The molecule has 0 saturated carbocycles. The molecule has 1 fully saturated rings. The molecule has 1 aromatic heterocycles. The topological polar surface area (TPSA) is 72.2 Å². The predicted molar refractivity (Wildman–Crippen MR) is 132 cm³/mol. The summed E-state index contributed by atoms with van der Waals surface area (Å²) in [5, 5.41) is 11.0. The number of hydrogen-bond acceptors (Lipinski definition) is 7. The van der Waals surface area contributed by atoms with Crippen molar-refractivity contribution in [3.05, 3.63) is 96.4 Å². The lowest BCUT2D eigenvalue weighted by Gasteiger charge is -2.33. The molecule has 1 saturated heterocycles. The quantitative estimate of drug-likeness (QED) is 0.335. The Bertz CT molecular complexity index is 1490. The summed E-state index contributed by atoms with van der Waals surface area (Å²) in [5.74, 6) is -0.815. The minimum absolute atomic E-state index is 0.0194. The number of amidine groups is 1. The summed E-state index contributed by atoms with van der Waals surface area (Å²) in [4.78, 5) is 14.4. The first-order valence-corrected chi connectivity index (χ1v) is 11.8. The van der Waals surface area contributed by atoms with Crippen LogP contribution in [0.3, 0.4) is 0 Å². The average molecular weight is 519 g/mol. The van der Waals surface area contributed by atoms with Gasteiger partial charge in [-0.15, -0.1) is 5.10 Å². The van der Waals surface area contributed by atoms with Gasteiger partial charge in [-0.25, -0.2) is 18.9 Å². The Morgan fingerprint density at radius 1 is 0.947 bits per heavy atom. The number of hydrazone groups is 1. The van der Waals surface area contributed by atoms with Crippen molar-refractivity contribution in [2.75, 3.05) is 18.2 Å². The van der Waals surface area contributed by atoms with Gasteiger partial charge < -0.3 is 14.4 Å². The number of hydrogen-bond donors (Lipinski definition) is 0. The fraction of sp³-hybridized carbons (Fsp3) is 0.148. The van der Waals surface area contributed by atoms with Crippen molar-refractivity contribution in [3.8, 4) is 22.7 Å². The lowest BCUT2D eigenvalue weighted by atomic mass is 10.0. The van der Waals surface area contributed by atoms with Crippen molar-refractivity contribution in [3.63, 3.8) is 0 Å². The number of anilines is 1. The average Bonchev–Trinajstić information content (AvgIpc) is 3.53. The second-order valence-corrected chi connectivity index (χ2v) is 8.56. The molecule has 38 heavy (non-hydrogen) atoms. The van der Waals surface area contributed by atoms with Gasteiger partial charge in [0.25, 0.3) is 0 Å². The molecule has 2 aliphatic rings. The van der Waals surface area contributed by atoms with Crippen LogP contribution in [0.2, 0.25) is 0 Å². The Morgan fingerprint density at radius 3 is 2.39 bits per heavy atom. The molecule has 2 aliphatic heterocycles. The van der Waals surface area contributed by atoms with E-state index >= 15 is 0 Å². The molecule has 6 rings (SSSR count). The van der Waals surface area contributed by atoms with E-state index in [4.69, 9.17) is 9.84 Å². The molecule has 0 radical (unpaired) electrons. The molecule has 11 heteroatoms. The third kappa shape index (κ3) is 4.32. The Morgan fingerprint density at radius 2 is 1.68 bits per heavy atom. The van der Waals surface area contributed by atoms with Crippen LogP contribution >= 0.6 is 0 Å². The molecular weight excluding hydrogens is 499 g/mol. The molecule has 0 aliphatic carbocycles. The number of morpholine rings is 1. The highest BCUT2D eigenvalue weighted by Crippen LogP contribution is 2.41. The monoisotopic (exact) mass is 519 g/mol. The minimum atomic E-state index is -2.94. The van der Waals surface area contributed by atoms with Crippen LogP contribution in [0.4, 0.5) is 18.9 Å². The van der Waals surface area contributed by atoms with E-state index in [9.17, 15) is 18.0 Å². The third-order valence-corrected chi connectivity index (χ3v) is 6.23. The van der Waals surface area contributed by atoms with E-state index in [1.165, 1.54) is 24.3 Å². The fourth-order valence-electron chi connectivity index (χ4n) is 4.55. The zero-order valence-corrected chi connectivity index (χ0v) is 19.7. The van der Waals surface area contributed by atoms with Crippen molar-refractivity contribution in [2.24, 2.45) is 5.10 Å². The predicted octanol–water partition coefficient (Wildman–Crippen LogP) is 4.97. The van der Waals surface area contributed by atoms with Gasteiger partial charge >= 0.3 is 12.6 Å². The number of halogens is 3. The third-order valence-electron chi connectivity index (χ3n) is 6.23. The highest BCUT2D eigenvalue weighted by atomic mass is 19.3. The van der Waals surface area contributed by atoms with Crippen LogP contribution in [0.25, 0.3) is 16.9 Å². The van der Waals surface area contributed by atoms with E-state index in [2.05, 4.69) is 9.84 Å². The van der Waals surface area contributed by atoms with Crippen molar-refractivity contribution < 1.29 is 27.4 Å². The number of carbonyl (C=O) groups excluding carboxylic acids is 1. The van der Waals surface area contributed by atoms with Crippen molar-refractivity contribution >= 4 is 17.5 Å². The van der Waals surface area contributed by atoms with Crippen LogP contribution in [-0.2, 0) is 9.53 Å². The van der Waals surface area contributed by atoms with E-state index in [1.54, 1.807) is 34.0 Å². The number of nitrogens with zero attached hydrogens (tertiary/aromatic N) is 5. The maximum atomic E-state index is 13.7. The number of rotatable bonds is 6. The highest BCUT2D eigenvalue weighted by molar-refractivity contribution is 6.36. The van der Waals surface area contributed by atoms with Gasteiger partial charge in [-0.2, -0.15) is 13.9 Å². The molecule has 4 aromatic rings. The number of cyclic esters (lactones) is 1. The number of carbonyl (C=O) groups is 1. The maximum Gasteiger partial charge on any atom is 0.387 e. The number of aromatic nitrogens is 2. The summed E-state index contributed by atoms with van der Waals surface area (Å²) in [7, 11) is 0. The van der Waals surface area contributed by atoms with Gasteiger partial charge in [0, 0.05) is 17.3 Å². The molecule has 192 valence electrons. The van der Waals surface area contributed by atoms with Gasteiger partial charge in [0.15, 0.2) is 6.17 Å². The number of esters is 1. The zero-order valence-electron chi connectivity index (χ0n) is 19.7. The largest absolute Gasteiger partial charge is 0.458 e. The second kappa shape index (κ2) is 9.58. The summed E-state index contributed by atoms with van der Waals surface area (Å²) in [6.45, 7) is -2.39. The van der Waals surface area contributed by atoms with Gasteiger partial charge in [-0.3, -0.25) is 0 Å². The van der Waals surface area contributed by atoms with E-state index in [0.29, 0.717) is 29.1 Å². The molecule has 1 atom stereocenters. The zero-order chi connectivity index (χ0) is 26.2. The first-order valence-electron chi connectivity index (χ1n) is 11.8. The first-order chi connectivity index (χ1) is 18.5. The smallest absolute Gasteiger partial charge is 0.387 e. The van der Waals surface area contributed by atoms with Gasteiger partial charge in [0.05, 0.1) is 23.6 Å². The van der Waals surface area contributed by atoms with Crippen LogP contribution in [0.5, 0.6) is 5.75 Å². The normalized spacial score (nSPS) is 16.9. The van der Waals surface area contributed by atoms with Crippen molar-refractivity contribution in [2.45, 2.75) is 12.8 Å². The lowest BCUT2D eigenvalue weighted by Crippen LogP contribution is -2.45. The Kier molecular flexibility index (Phi) is 5.95.